The maximum Gasteiger partial charge on any atom is 0.416 e. The third-order valence-corrected chi connectivity index (χ3v) is 28.7. The molecule has 0 aliphatic heterocycles. The minimum absolute atomic E-state index is 0.00144. The topological polar surface area (TPSA) is 27.7 Å². The van der Waals surface area contributed by atoms with Gasteiger partial charge in [0.25, 0.3) is 6.43 Å². The number of alkyl halides is 10. The average Bonchev–Trinajstić information content (AvgIpc) is 0.784. The molecule has 7 aliphatic carbocycles. The summed E-state index contributed by atoms with van der Waals surface area (Å²) in [5, 5.41) is 5.45. The average molecular weight is 1970 g/mol. The SMILES string of the molecule is Cc1cc(CF)c2c(c1)CCC(C)C2.Cc1cc(F)c2c(c1)CCC(C)C2.Cc1cc(F)c2cc(C)ccc2c1.Cc1cc2c(c(C(F)(F)F)c1)CC(C)CC2.Cc1cc2c(c(C(F)F)c1)CC(C)CC2.Cc1cc2c(c(OC(F)F)c1)CC(C)CC2.Cc1cc2c(c(OCF)c1)CC(C)CC2.Cc1cc2c(c(OCF)c1)CC(C)CC2.Cc1ccc2c(F)c(C)ccc2c1.Cc1ccc2cc(C)c(F)cc2c1. The van der Waals surface area contributed by atoms with Crippen LogP contribution in [0.15, 0.2) is 176 Å². The van der Waals surface area contributed by atoms with E-state index in [2.05, 4.69) is 89.6 Å². The van der Waals surface area contributed by atoms with Gasteiger partial charge in [-0.15, -0.1) is 0 Å². The molecule has 0 fully saturated rings. The largest absolute Gasteiger partial charge is 0.463 e. The Morgan fingerprint density at radius 2 is 0.629 bits per heavy atom. The Kier molecular flexibility index (Phi) is 40.6. The Morgan fingerprint density at radius 3 is 1.10 bits per heavy atom. The molecule has 143 heavy (non-hydrogen) atoms. The van der Waals surface area contributed by atoms with Crippen LogP contribution < -0.4 is 14.2 Å². The second-order valence-electron chi connectivity index (χ2n) is 42.2. The van der Waals surface area contributed by atoms with Gasteiger partial charge >= 0.3 is 12.8 Å². The lowest BCUT2D eigenvalue weighted by molar-refractivity contribution is -0.138. The highest BCUT2D eigenvalue weighted by molar-refractivity contribution is 5.86. The zero-order chi connectivity index (χ0) is 104. The predicted molar refractivity (Wildman–Crippen MR) is 561 cm³/mol. The van der Waals surface area contributed by atoms with Crippen LogP contribution in [0.4, 0.5) is 61.5 Å². The van der Waals surface area contributed by atoms with Gasteiger partial charge in [0.1, 0.15) is 47.2 Å². The summed E-state index contributed by atoms with van der Waals surface area (Å²) in [7, 11) is 0. The van der Waals surface area contributed by atoms with Crippen LogP contribution in [0, 0.1) is 155 Å². The van der Waals surface area contributed by atoms with Crippen LogP contribution in [-0.4, -0.2) is 20.3 Å². The molecule has 7 unspecified atom stereocenters. The molecule has 0 aromatic heterocycles. The fourth-order valence-electron chi connectivity index (χ4n) is 21.1. The zero-order valence-electron chi connectivity index (χ0n) is 87.4. The van der Waals surface area contributed by atoms with Crippen molar-refractivity contribution in [2.75, 3.05) is 13.7 Å². The second kappa shape index (κ2) is 51.7. The molecule has 7 atom stereocenters. The van der Waals surface area contributed by atoms with E-state index in [0.29, 0.717) is 80.7 Å². The van der Waals surface area contributed by atoms with Crippen LogP contribution in [0.2, 0.25) is 0 Å². The van der Waals surface area contributed by atoms with Gasteiger partial charge in [0, 0.05) is 16.3 Å². The van der Waals surface area contributed by atoms with Gasteiger partial charge in [-0.25, -0.2) is 39.5 Å². The normalized spacial score (nSPS) is 17.7. The van der Waals surface area contributed by atoms with Gasteiger partial charge in [-0.3, -0.25) is 0 Å². The molecule has 13 aromatic rings. The Labute approximate surface area is 840 Å². The molecule has 7 aliphatic rings. The zero-order valence-corrected chi connectivity index (χ0v) is 87.4. The first-order chi connectivity index (χ1) is 67.8. The van der Waals surface area contributed by atoms with Crippen LogP contribution in [0.1, 0.15) is 267 Å². The molecule has 3 nitrogen and oxygen atoms in total. The van der Waals surface area contributed by atoms with E-state index in [1.54, 1.807) is 51.1 Å². The summed E-state index contributed by atoms with van der Waals surface area (Å²) in [5.74, 6) is 5.69. The number of hydrogen-bond donors (Lipinski definition) is 0. The summed E-state index contributed by atoms with van der Waals surface area (Å²) in [6.07, 6.45) is 14.9. The number of hydrogen-bond acceptors (Lipinski definition) is 3. The molecule has 17 heteroatoms. The second-order valence-corrected chi connectivity index (χ2v) is 42.2. The van der Waals surface area contributed by atoms with E-state index < -0.39 is 38.5 Å². The smallest absolute Gasteiger partial charge is 0.416 e. The van der Waals surface area contributed by atoms with Gasteiger partial charge in [0.2, 0.25) is 13.7 Å². The summed E-state index contributed by atoms with van der Waals surface area (Å²) in [6.45, 7) is 35.8. The number of ether oxygens (including phenoxy) is 3. The van der Waals surface area contributed by atoms with Gasteiger partial charge in [0.15, 0.2) is 0 Å². The highest BCUT2D eigenvalue weighted by atomic mass is 19.4. The Hall–Kier alpha value is -10.9. The molecule has 0 heterocycles. The van der Waals surface area contributed by atoms with Crippen LogP contribution in [0.3, 0.4) is 0 Å². The quantitative estimate of drug-likeness (QED) is 0.142. The molecule has 0 saturated heterocycles. The summed E-state index contributed by atoms with van der Waals surface area (Å²) >= 11 is 0. The molecular weight excluding hydrogens is 1830 g/mol. The molecule has 0 radical (unpaired) electrons. The van der Waals surface area contributed by atoms with Crippen LogP contribution in [0.25, 0.3) is 32.3 Å². The predicted octanol–water partition coefficient (Wildman–Crippen LogP) is 36.4. The van der Waals surface area contributed by atoms with Crippen molar-refractivity contribution in [3.8, 4) is 17.2 Å². The van der Waals surface area contributed by atoms with Crippen molar-refractivity contribution in [1.82, 2.24) is 0 Å². The van der Waals surface area contributed by atoms with Crippen molar-refractivity contribution in [3.63, 3.8) is 0 Å². The molecule has 20 rings (SSSR count). The van der Waals surface area contributed by atoms with Crippen molar-refractivity contribution >= 4 is 32.3 Å². The fraction of sp³-hybridized carbons (Fsp3) is 0.429. The van der Waals surface area contributed by atoms with Crippen molar-refractivity contribution < 1.29 is 75.7 Å². The first kappa shape index (κ1) is 112. The van der Waals surface area contributed by atoms with E-state index in [-0.39, 0.29) is 35.5 Å². The van der Waals surface area contributed by atoms with Crippen LogP contribution in [-0.2, 0) is 103 Å². The van der Waals surface area contributed by atoms with Crippen LogP contribution in [0.5, 0.6) is 17.2 Å². The highest BCUT2D eigenvalue weighted by Gasteiger charge is 2.36. The highest BCUT2D eigenvalue weighted by Crippen LogP contribution is 2.43. The Bertz CT molecular complexity index is 6390. The van der Waals surface area contributed by atoms with Gasteiger partial charge in [-0.1, -0.05) is 203 Å². The summed E-state index contributed by atoms with van der Waals surface area (Å²) in [4.78, 5) is 0. The number of halogens is 14. The summed E-state index contributed by atoms with van der Waals surface area (Å²) in [5.41, 5.74) is 29.4. The Balaban J connectivity index is 0.000000152. The molecule has 0 amide bonds. The van der Waals surface area contributed by atoms with Crippen molar-refractivity contribution in [3.05, 3.63) is 366 Å². The van der Waals surface area contributed by atoms with E-state index in [0.717, 1.165) is 225 Å². The lowest BCUT2D eigenvalue weighted by Crippen LogP contribution is -2.18. The van der Waals surface area contributed by atoms with E-state index in [9.17, 15) is 61.5 Å². The monoisotopic (exact) mass is 1970 g/mol. The van der Waals surface area contributed by atoms with E-state index in [1.807, 2.05) is 172 Å². The summed E-state index contributed by atoms with van der Waals surface area (Å²) in [6, 6.07) is 55.4. The minimum atomic E-state index is -4.22. The summed E-state index contributed by atoms with van der Waals surface area (Å²) < 4.78 is 195. The van der Waals surface area contributed by atoms with E-state index in [1.165, 1.54) is 81.8 Å². The van der Waals surface area contributed by atoms with Crippen molar-refractivity contribution in [2.24, 2.45) is 41.4 Å². The Morgan fingerprint density at radius 1 is 0.287 bits per heavy atom. The molecule has 0 spiro atoms. The number of fused-ring (bicyclic) bond motifs is 10. The van der Waals surface area contributed by atoms with Crippen LogP contribution >= 0.6 is 0 Å². The van der Waals surface area contributed by atoms with Gasteiger partial charge in [-0.05, 0) is 465 Å². The van der Waals surface area contributed by atoms with Gasteiger partial charge in [-0.2, -0.15) is 22.0 Å². The molecule has 0 N–H and O–H groups in total. The third-order valence-electron chi connectivity index (χ3n) is 28.7. The number of benzene rings is 13. The van der Waals surface area contributed by atoms with Gasteiger partial charge < -0.3 is 14.2 Å². The van der Waals surface area contributed by atoms with Crippen molar-refractivity contribution in [1.29, 1.82) is 0 Å². The third kappa shape index (κ3) is 31.8. The number of aryl methyl sites for hydroxylation is 20. The van der Waals surface area contributed by atoms with Gasteiger partial charge in [0.05, 0.1) is 5.56 Å². The van der Waals surface area contributed by atoms with E-state index >= 15 is 0 Å². The molecular formula is C126H146F14O3. The van der Waals surface area contributed by atoms with Crippen molar-refractivity contribution in [2.45, 2.75) is 299 Å². The molecule has 0 saturated carbocycles. The fourth-order valence-corrected chi connectivity index (χ4v) is 21.1. The standard InChI is InChI=1S/C13H15F3.C13H16F2O.C13H16F2.2C13H17FO.C13H17F.C12H11F.C12H15F.2C12H11F/c1-8-3-4-10-5-9(2)7-12(11(10)6-8)13(14,15)16;1-8-3-4-10-5-9(2)7-12(11(10)6-8)16-13(14)15;1-8-3-4-10-5-9(2)7-12(13(14)15)11(10)6-8;2*1-9-3-4-11-5-10(2)7-13(15-8-14)12(11)6-9;1-9-3-4-11-5-10(2)6-12(8-14)13(11)7-9;1-8-3-6-11-10(7-8)5-4-9(2)12(11)13;2*1-8-3-4-10-5-9(2)7-12(13)11(10)6-8;1-8-3-4-10-6-9(2)12(13)7-11(10)5-8/h5,7-8H,3-4,6H2,1-2H3;5,7-8,13H,3-4,6H2,1-2H3;5,7-8,13H,3-4,6H2,1-2H3;2*5,7,9H,3-4,6,8H2,1-2H3;5-6,9H,3-4,7-8H2,1-2H3;3-7H,1-2H3;5,7-8H,3-4,6H2,1-2H3;2*3-7H,1-2H3. The number of rotatable bonds is 8. The first-order valence-electron chi connectivity index (χ1n) is 51.0. The molecule has 13 aromatic carbocycles. The lowest BCUT2D eigenvalue weighted by Gasteiger charge is -2.25. The molecule has 0 bridgehead atoms. The first-order valence-corrected chi connectivity index (χ1v) is 51.0. The lowest BCUT2D eigenvalue weighted by atomic mass is 9.81. The maximum absolute atomic E-state index is 13.5. The van der Waals surface area contributed by atoms with E-state index in [4.69, 9.17) is 9.47 Å². The maximum atomic E-state index is 13.5. The molecule has 766 valence electrons. The minimum Gasteiger partial charge on any atom is -0.463 e.